The van der Waals surface area contributed by atoms with Crippen molar-refractivity contribution in [2.75, 3.05) is 39.5 Å². The molecule has 1 fully saturated rings. The van der Waals surface area contributed by atoms with Crippen molar-refractivity contribution in [2.24, 2.45) is 10.9 Å². The number of halogens is 1. The molecule has 6 heteroatoms. The van der Waals surface area contributed by atoms with Gasteiger partial charge < -0.3 is 20.1 Å². The van der Waals surface area contributed by atoms with E-state index in [2.05, 4.69) is 53.7 Å². The molecule has 26 heavy (non-hydrogen) atoms. The first kappa shape index (κ1) is 23.2. The third-order valence-corrected chi connectivity index (χ3v) is 4.30. The molecule has 2 N–H and O–H groups in total. The Balaban J connectivity index is 0.00000338. The number of aliphatic imine (C=N–C) groups is 1. The van der Waals surface area contributed by atoms with E-state index < -0.39 is 0 Å². The van der Waals surface area contributed by atoms with E-state index in [4.69, 9.17) is 9.47 Å². The monoisotopic (exact) mass is 475 g/mol. The van der Waals surface area contributed by atoms with E-state index in [1.54, 1.807) is 0 Å². The molecule has 0 atom stereocenters. The lowest BCUT2D eigenvalue weighted by atomic mass is 10.0. The fourth-order valence-corrected chi connectivity index (χ4v) is 2.87. The highest BCUT2D eigenvalue weighted by Crippen LogP contribution is 2.14. The highest BCUT2D eigenvalue weighted by molar-refractivity contribution is 14.0. The molecule has 0 aliphatic carbocycles. The van der Waals surface area contributed by atoms with Gasteiger partial charge in [-0.05, 0) is 44.6 Å². The first-order valence-corrected chi connectivity index (χ1v) is 9.51. The number of guanidine groups is 1. The Bertz CT molecular complexity index is 520. The van der Waals surface area contributed by atoms with Gasteiger partial charge >= 0.3 is 0 Å². The Labute approximate surface area is 175 Å². The molecule has 1 aliphatic rings. The van der Waals surface area contributed by atoms with E-state index >= 15 is 0 Å². The zero-order chi connectivity index (χ0) is 17.7. The number of nitrogens with zero attached hydrogens (tertiary/aromatic N) is 1. The van der Waals surface area contributed by atoms with Crippen molar-refractivity contribution in [3.8, 4) is 0 Å². The number of benzene rings is 1. The van der Waals surface area contributed by atoms with E-state index in [9.17, 15) is 0 Å². The van der Waals surface area contributed by atoms with Crippen molar-refractivity contribution in [3.05, 3.63) is 35.4 Å². The van der Waals surface area contributed by atoms with Gasteiger partial charge in [-0.15, -0.1) is 24.0 Å². The normalized spacial score (nSPS) is 15.4. The third kappa shape index (κ3) is 9.73. The summed E-state index contributed by atoms with van der Waals surface area (Å²) in [6.45, 7) is 10.0. The molecule has 0 bridgehead atoms. The number of hydrogen-bond acceptors (Lipinski definition) is 3. The van der Waals surface area contributed by atoms with Crippen molar-refractivity contribution >= 4 is 29.9 Å². The fourth-order valence-electron chi connectivity index (χ4n) is 2.87. The second kappa shape index (κ2) is 14.2. The molecule has 0 unspecified atom stereocenters. The fraction of sp³-hybridized carbons (Fsp3) is 0.650. The van der Waals surface area contributed by atoms with E-state index in [1.807, 2.05) is 0 Å². The van der Waals surface area contributed by atoms with Crippen LogP contribution in [-0.2, 0) is 16.0 Å². The topological polar surface area (TPSA) is 54.9 Å². The lowest BCUT2D eigenvalue weighted by Crippen LogP contribution is -2.38. The number of aryl methyl sites for hydroxylation is 1. The first-order valence-electron chi connectivity index (χ1n) is 9.51. The molecule has 148 valence electrons. The number of nitrogens with one attached hydrogen (secondary N) is 2. The SMILES string of the molecule is CCNC(=NCc1cccc(C)c1)NCCCOCC1CCOCC1.I. The van der Waals surface area contributed by atoms with Crippen LogP contribution in [-0.4, -0.2) is 45.5 Å². The third-order valence-electron chi connectivity index (χ3n) is 4.30. The van der Waals surface area contributed by atoms with E-state index in [-0.39, 0.29) is 24.0 Å². The molecule has 1 saturated heterocycles. The maximum Gasteiger partial charge on any atom is 0.191 e. The lowest BCUT2D eigenvalue weighted by Gasteiger charge is -2.21. The highest BCUT2D eigenvalue weighted by Gasteiger charge is 2.13. The molecule has 0 spiro atoms. The molecule has 0 amide bonds. The standard InChI is InChI=1S/C20H33N3O2.HI/c1-3-21-20(23-15-19-7-4-6-17(2)14-19)22-10-5-11-25-16-18-8-12-24-13-9-18;/h4,6-7,14,18H,3,5,8-13,15-16H2,1-2H3,(H2,21,22,23);1H. The van der Waals surface area contributed by atoms with Crippen molar-refractivity contribution in [2.45, 2.75) is 39.7 Å². The first-order chi connectivity index (χ1) is 12.3. The molecule has 1 aromatic rings. The van der Waals surface area contributed by atoms with Gasteiger partial charge in [0, 0.05) is 39.5 Å². The zero-order valence-electron chi connectivity index (χ0n) is 16.1. The smallest absolute Gasteiger partial charge is 0.191 e. The van der Waals surface area contributed by atoms with Gasteiger partial charge in [-0.25, -0.2) is 4.99 Å². The minimum absolute atomic E-state index is 0. The number of rotatable bonds is 9. The van der Waals surface area contributed by atoms with Crippen molar-refractivity contribution in [1.29, 1.82) is 0 Å². The quantitative estimate of drug-likeness (QED) is 0.249. The summed E-state index contributed by atoms with van der Waals surface area (Å²) in [5.41, 5.74) is 2.50. The highest BCUT2D eigenvalue weighted by atomic mass is 127. The van der Waals surface area contributed by atoms with E-state index in [0.29, 0.717) is 12.5 Å². The van der Waals surface area contributed by atoms with Crippen LogP contribution < -0.4 is 10.6 Å². The summed E-state index contributed by atoms with van der Waals surface area (Å²) in [6.07, 6.45) is 3.25. The summed E-state index contributed by atoms with van der Waals surface area (Å²) < 4.78 is 11.2. The van der Waals surface area contributed by atoms with Gasteiger partial charge in [0.15, 0.2) is 5.96 Å². The average molecular weight is 475 g/mol. The Kier molecular flexibility index (Phi) is 12.7. The summed E-state index contributed by atoms with van der Waals surface area (Å²) in [7, 11) is 0. The summed E-state index contributed by atoms with van der Waals surface area (Å²) in [5, 5.41) is 6.68. The predicted octanol–water partition coefficient (Wildman–Crippen LogP) is 3.50. The van der Waals surface area contributed by atoms with Gasteiger partial charge in [-0.1, -0.05) is 29.8 Å². The molecule has 0 radical (unpaired) electrons. The van der Waals surface area contributed by atoms with Gasteiger partial charge in [-0.2, -0.15) is 0 Å². The minimum atomic E-state index is 0. The number of ether oxygens (including phenoxy) is 2. The van der Waals surface area contributed by atoms with Gasteiger partial charge in [0.05, 0.1) is 6.54 Å². The Morgan fingerprint density at radius 2 is 2.08 bits per heavy atom. The Hall–Kier alpha value is -0.860. The Morgan fingerprint density at radius 3 is 2.81 bits per heavy atom. The second-order valence-corrected chi connectivity index (χ2v) is 6.60. The molecular formula is C20H34IN3O2. The van der Waals surface area contributed by atoms with Crippen LogP contribution in [0.15, 0.2) is 29.3 Å². The maximum atomic E-state index is 5.80. The van der Waals surface area contributed by atoms with Crippen LogP contribution in [0.5, 0.6) is 0 Å². The molecular weight excluding hydrogens is 441 g/mol. The van der Waals surface area contributed by atoms with Crippen molar-refractivity contribution in [3.63, 3.8) is 0 Å². The lowest BCUT2D eigenvalue weighted by molar-refractivity contribution is 0.0203. The molecule has 5 nitrogen and oxygen atoms in total. The van der Waals surface area contributed by atoms with Crippen LogP contribution in [0.1, 0.15) is 37.3 Å². The van der Waals surface area contributed by atoms with Crippen molar-refractivity contribution in [1.82, 2.24) is 10.6 Å². The van der Waals surface area contributed by atoms with Crippen LogP contribution in [0.2, 0.25) is 0 Å². The Morgan fingerprint density at radius 1 is 1.27 bits per heavy atom. The number of hydrogen-bond donors (Lipinski definition) is 2. The van der Waals surface area contributed by atoms with Gasteiger partial charge in [0.1, 0.15) is 0 Å². The maximum absolute atomic E-state index is 5.80. The molecule has 2 rings (SSSR count). The van der Waals surface area contributed by atoms with Crippen molar-refractivity contribution < 1.29 is 9.47 Å². The van der Waals surface area contributed by atoms with Crippen LogP contribution in [0, 0.1) is 12.8 Å². The van der Waals surface area contributed by atoms with Gasteiger partial charge in [0.25, 0.3) is 0 Å². The molecule has 0 aromatic heterocycles. The van der Waals surface area contributed by atoms with Crippen LogP contribution in [0.25, 0.3) is 0 Å². The second-order valence-electron chi connectivity index (χ2n) is 6.60. The van der Waals surface area contributed by atoms with Crippen LogP contribution in [0.3, 0.4) is 0 Å². The summed E-state index contributed by atoms with van der Waals surface area (Å²) >= 11 is 0. The molecule has 0 saturated carbocycles. The summed E-state index contributed by atoms with van der Waals surface area (Å²) in [6, 6.07) is 8.48. The summed E-state index contributed by atoms with van der Waals surface area (Å²) in [5.74, 6) is 1.54. The zero-order valence-corrected chi connectivity index (χ0v) is 18.5. The average Bonchev–Trinajstić information content (AvgIpc) is 2.63. The molecule has 1 aromatic carbocycles. The van der Waals surface area contributed by atoms with E-state index in [1.165, 1.54) is 11.1 Å². The summed E-state index contributed by atoms with van der Waals surface area (Å²) in [4.78, 5) is 4.66. The van der Waals surface area contributed by atoms with Gasteiger partial charge in [-0.3, -0.25) is 0 Å². The minimum Gasteiger partial charge on any atom is -0.381 e. The predicted molar refractivity (Wildman–Crippen MR) is 118 cm³/mol. The largest absolute Gasteiger partial charge is 0.381 e. The van der Waals surface area contributed by atoms with E-state index in [0.717, 1.165) is 64.7 Å². The van der Waals surface area contributed by atoms with Gasteiger partial charge in [0.2, 0.25) is 0 Å². The molecule has 1 aliphatic heterocycles. The van der Waals surface area contributed by atoms with Crippen LogP contribution >= 0.6 is 24.0 Å². The molecule has 1 heterocycles. The van der Waals surface area contributed by atoms with Crippen LogP contribution in [0.4, 0.5) is 0 Å².